The van der Waals surface area contributed by atoms with Crippen molar-refractivity contribution in [1.29, 1.82) is 0 Å². The van der Waals surface area contributed by atoms with Crippen molar-refractivity contribution in [3.63, 3.8) is 0 Å². The van der Waals surface area contributed by atoms with Crippen molar-refractivity contribution in [3.8, 4) is 0 Å². The summed E-state index contributed by atoms with van der Waals surface area (Å²) in [6.07, 6.45) is 24.4. The molecular formula is C24H52N+. The quantitative estimate of drug-likeness (QED) is 0.153. The first-order chi connectivity index (χ1) is 12.2. The molecule has 0 aromatic carbocycles. The van der Waals surface area contributed by atoms with Gasteiger partial charge in [-0.3, -0.25) is 0 Å². The molecule has 0 aliphatic rings. The molecule has 0 fully saturated rings. The molecule has 25 heavy (non-hydrogen) atoms. The van der Waals surface area contributed by atoms with Gasteiger partial charge >= 0.3 is 0 Å². The third kappa shape index (κ3) is 17.1. The molecule has 1 nitrogen and oxygen atoms in total. The summed E-state index contributed by atoms with van der Waals surface area (Å²) in [5, 5.41) is 0. The Kier molecular flexibility index (Phi) is 18.7. The van der Waals surface area contributed by atoms with E-state index in [4.69, 9.17) is 0 Å². The highest BCUT2D eigenvalue weighted by Crippen LogP contribution is 2.15. The molecule has 152 valence electrons. The largest absolute Gasteiger partial charge is 0.326 e. The molecule has 0 aliphatic carbocycles. The fraction of sp³-hybridized carbons (Fsp3) is 1.00. The molecule has 1 atom stereocenters. The smallest absolute Gasteiger partial charge is 0.0784 e. The van der Waals surface area contributed by atoms with Crippen LogP contribution >= 0.6 is 0 Å². The van der Waals surface area contributed by atoms with Crippen molar-refractivity contribution in [2.45, 2.75) is 130 Å². The van der Waals surface area contributed by atoms with E-state index >= 15 is 0 Å². The Morgan fingerprint density at radius 2 is 0.600 bits per heavy atom. The third-order valence-electron chi connectivity index (χ3n) is 5.90. The lowest BCUT2D eigenvalue weighted by Crippen LogP contribution is -2.46. The Hall–Kier alpha value is -0.0400. The minimum Gasteiger partial charge on any atom is -0.326 e. The summed E-state index contributed by atoms with van der Waals surface area (Å²) in [4.78, 5) is 0. The summed E-state index contributed by atoms with van der Waals surface area (Å²) in [7, 11) is 2.55. The summed E-state index contributed by atoms with van der Waals surface area (Å²) in [5.41, 5.74) is 0. The van der Waals surface area contributed by atoms with Gasteiger partial charge in [0.15, 0.2) is 0 Å². The summed E-state index contributed by atoms with van der Waals surface area (Å²) < 4.78 is 1.35. The summed E-state index contributed by atoms with van der Waals surface area (Å²) in [6.45, 7) is 11.2. The van der Waals surface area contributed by atoms with Crippen LogP contribution in [-0.4, -0.2) is 31.2 Å². The van der Waals surface area contributed by atoms with Gasteiger partial charge in [0.1, 0.15) is 0 Å². The van der Waals surface area contributed by atoms with Gasteiger partial charge in [0.2, 0.25) is 0 Å². The predicted molar refractivity (Wildman–Crippen MR) is 116 cm³/mol. The Bertz CT molecular complexity index is 250. The van der Waals surface area contributed by atoms with Crippen molar-refractivity contribution in [2.75, 3.05) is 26.7 Å². The van der Waals surface area contributed by atoms with E-state index < -0.39 is 0 Å². The maximum absolute atomic E-state index is 2.55. The van der Waals surface area contributed by atoms with Crippen LogP contribution in [0.1, 0.15) is 130 Å². The standard InChI is InChI=1S/C24H52N/c1-5-8-11-14-15-16-18-21-24-25(4,22-19-13-10-7-3)23-20-17-12-9-6-2/h5-24H2,1-4H3/q+1. The monoisotopic (exact) mass is 354 g/mol. The fourth-order valence-electron chi connectivity index (χ4n) is 3.98. The van der Waals surface area contributed by atoms with Crippen LogP contribution in [0.4, 0.5) is 0 Å². The van der Waals surface area contributed by atoms with Gasteiger partial charge in [-0.2, -0.15) is 0 Å². The molecule has 0 aromatic rings. The average molecular weight is 355 g/mol. The van der Waals surface area contributed by atoms with E-state index in [1.54, 1.807) is 0 Å². The lowest BCUT2D eigenvalue weighted by Gasteiger charge is -2.35. The van der Waals surface area contributed by atoms with Crippen LogP contribution in [0.2, 0.25) is 0 Å². The predicted octanol–water partition coefficient (Wildman–Crippen LogP) is 8.12. The highest BCUT2D eigenvalue weighted by atomic mass is 15.3. The first kappa shape index (κ1) is 25.0. The van der Waals surface area contributed by atoms with E-state index in [0.717, 1.165) is 0 Å². The molecule has 0 aromatic heterocycles. The summed E-state index contributed by atoms with van der Waals surface area (Å²) in [6, 6.07) is 0. The molecule has 0 aliphatic heterocycles. The second-order valence-electron chi connectivity index (χ2n) is 8.74. The van der Waals surface area contributed by atoms with Gasteiger partial charge in [0.25, 0.3) is 0 Å². The van der Waals surface area contributed by atoms with E-state index in [0.29, 0.717) is 0 Å². The van der Waals surface area contributed by atoms with E-state index in [1.165, 1.54) is 133 Å². The molecule has 0 rings (SSSR count). The fourth-order valence-corrected chi connectivity index (χ4v) is 3.98. The zero-order valence-electron chi connectivity index (χ0n) is 18.6. The molecule has 1 heteroatoms. The van der Waals surface area contributed by atoms with Gasteiger partial charge in [-0.1, -0.05) is 91.4 Å². The maximum atomic E-state index is 2.55. The van der Waals surface area contributed by atoms with Crippen molar-refractivity contribution >= 4 is 0 Å². The normalized spacial score (nSPS) is 13.9. The Balaban J connectivity index is 3.93. The minimum atomic E-state index is 1.35. The van der Waals surface area contributed by atoms with Gasteiger partial charge in [-0.25, -0.2) is 0 Å². The Morgan fingerprint density at radius 1 is 0.360 bits per heavy atom. The van der Waals surface area contributed by atoms with Gasteiger partial charge in [0.05, 0.1) is 26.7 Å². The highest BCUT2D eigenvalue weighted by Gasteiger charge is 2.19. The maximum Gasteiger partial charge on any atom is 0.0784 e. The number of nitrogens with zero attached hydrogens (tertiary/aromatic N) is 1. The minimum absolute atomic E-state index is 1.35. The molecule has 0 amide bonds. The lowest BCUT2D eigenvalue weighted by atomic mass is 10.1. The molecule has 0 N–H and O–H groups in total. The van der Waals surface area contributed by atoms with Gasteiger partial charge in [0, 0.05) is 0 Å². The molecule has 1 unspecified atom stereocenters. The number of unbranched alkanes of at least 4 members (excludes halogenated alkanes) is 14. The number of hydrogen-bond acceptors (Lipinski definition) is 0. The molecule has 0 saturated heterocycles. The van der Waals surface area contributed by atoms with E-state index in [2.05, 4.69) is 27.8 Å². The molecule has 0 bridgehead atoms. The highest BCUT2D eigenvalue weighted by molar-refractivity contribution is 4.50. The van der Waals surface area contributed by atoms with Gasteiger partial charge < -0.3 is 4.48 Å². The van der Waals surface area contributed by atoms with E-state index in [9.17, 15) is 0 Å². The zero-order chi connectivity index (χ0) is 18.6. The number of hydrogen-bond donors (Lipinski definition) is 0. The summed E-state index contributed by atoms with van der Waals surface area (Å²) >= 11 is 0. The van der Waals surface area contributed by atoms with Crippen molar-refractivity contribution in [3.05, 3.63) is 0 Å². The van der Waals surface area contributed by atoms with Gasteiger partial charge in [-0.15, -0.1) is 0 Å². The van der Waals surface area contributed by atoms with Crippen molar-refractivity contribution in [2.24, 2.45) is 0 Å². The van der Waals surface area contributed by atoms with Crippen molar-refractivity contribution < 1.29 is 4.48 Å². The van der Waals surface area contributed by atoms with Crippen LogP contribution in [0, 0.1) is 0 Å². The first-order valence-electron chi connectivity index (χ1n) is 12.0. The van der Waals surface area contributed by atoms with Crippen LogP contribution in [0.5, 0.6) is 0 Å². The topological polar surface area (TPSA) is 0 Å². The van der Waals surface area contributed by atoms with Crippen molar-refractivity contribution in [1.82, 2.24) is 0 Å². The first-order valence-corrected chi connectivity index (χ1v) is 12.0. The van der Waals surface area contributed by atoms with Crippen LogP contribution < -0.4 is 0 Å². The lowest BCUT2D eigenvalue weighted by molar-refractivity contribution is -0.910. The van der Waals surface area contributed by atoms with Crippen LogP contribution in [0.25, 0.3) is 0 Å². The number of quaternary nitrogens is 1. The molecule has 0 radical (unpaired) electrons. The summed E-state index contributed by atoms with van der Waals surface area (Å²) in [5.74, 6) is 0. The number of rotatable bonds is 20. The second kappa shape index (κ2) is 18.7. The third-order valence-corrected chi connectivity index (χ3v) is 5.90. The molecule has 0 saturated carbocycles. The Morgan fingerprint density at radius 3 is 0.920 bits per heavy atom. The van der Waals surface area contributed by atoms with E-state index in [-0.39, 0.29) is 0 Å². The second-order valence-corrected chi connectivity index (χ2v) is 8.74. The van der Waals surface area contributed by atoms with Crippen LogP contribution in [0.3, 0.4) is 0 Å². The SMILES string of the molecule is CCCCCCCCCC[N+](C)(CCCCCC)CCCCCCC. The molecule has 0 heterocycles. The van der Waals surface area contributed by atoms with E-state index in [1.807, 2.05) is 0 Å². The molecule has 0 spiro atoms. The van der Waals surface area contributed by atoms with Crippen LogP contribution in [-0.2, 0) is 0 Å². The zero-order valence-corrected chi connectivity index (χ0v) is 18.6. The molecular weight excluding hydrogens is 302 g/mol. The van der Waals surface area contributed by atoms with Crippen LogP contribution in [0.15, 0.2) is 0 Å². The average Bonchev–Trinajstić information content (AvgIpc) is 2.61. The van der Waals surface area contributed by atoms with Gasteiger partial charge in [-0.05, 0) is 38.5 Å². The Labute approximate surface area is 161 Å².